The molecule has 0 aliphatic rings. The molecule has 0 saturated carbocycles. The van der Waals surface area contributed by atoms with Gasteiger partial charge in [0.25, 0.3) is 0 Å². The van der Waals surface area contributed by atoms with Crippen LogP contribution in [0.3, 0.4) is 0 Å². The molecule has 21 heavy (non-hydrogen) atoms. The summed E-state index contributed by atoms with van der Waals surface area (Å²) >= 11 is 13.5. The van der Waals surface area contributed by atoms with Crippen LogP contribution < -0.4 is 0 Å². The summed E-state index contributed by atoms with van der Waals surface area (Å²) < 4.78 is -0.507. The van der Waals surface area contributed by atoms with Gasteiger partial charge in [0.1, 0.15) is 4.07 Å². The van der Waals surface area contributed by atoms with Gasteiger partial charge in [0.2, 0.25) is 0 Å². The number of hydrogen-bond donors (Lipinski definition) is 0. The molecule has 0 aliphatic carbocycles. The second-order valence-corrected chi connectivity index (χ2v) is 16.0. The van der Waals surface area contributed by atoms with Gasteiger partial charge in [-0.3, -0.25) is 0 Å². The van der Waals surface area contributed by atoms with Crippen LogP contribution in [0.2, 0.25) is 0 Å². The largest absolute Gasteiger partial charge is 2.00 e. The Morgan fingerprint density at radius 3 is 1.43 bits per heavy atom. The molecule has 0 atom stereocenters. The van der Waals surface area contributed by atoms with Crippen molar-refractivity contribution in [3.63, 3.8) is 0 Å². The van der Waals surface area contributed by atoms with Crippen molar-refractivity contribution in [1.29, 1.82) is 0 Å². The second-order valence-electron chi connectivity index (χ2n) is 6.79. The molecule has 0 bridgehead atoms. The van der Waals surface area contributed by atoms with Gasteiger partial charge in [-0.2, -0.15) is 0 Å². The molecule has 0 aliphatic heterocycles. The maximum atomic E-state index is 6.74. The first-order valence-corrected chi connectivity index (χ1v) is 11.8. The maximum Gasteiger partial charge on any atom is 2.00 e. The van der Waals surface area contributed by atoms with Crippen molar-refractivity contribution in [3.8, 4) is 0 Å². The van der Waals surface area contributed by atoms with Crippen molar-refractivity contribution in [2.24, 2.45) is 0 Å². The van der Waals surface area contributed by atoms with E-state index in [4.69, 9.17) is 23.2 Å². The minimum Gasteiger partial charge on any atom is -0.101 e. The van der Waals surface area contributed by atoms with Crippen LogP contribution >= 0.6 is 39.0 Å². The number of hydrogen-bond acceptors (Lipinski definition) is 0. The van der Waals surface area contributed by atoms with E-state index in [1.807, 2.05) is 0 Å². The van der Waals surface area contributed by atoms with Crippen LogP contribution in [0.25, 0.3) is 0 Å². The summed E-state index contributed by atoms with van der Waals surface area (Å²) in [5, 5.41) is 0. The summed E-state index contributed by atoms with van der Waals surface area (Å²) in [6.07, 6.45) is 3.44. The molecule has 0 rings (SSSR count). The molecular formula is C16H34Cl2P2Pd+2. The third-order valence-corrected chi connectivity index (χ3v) is 12.0. The molecule has 0 N–H and O–H groups in total. The van der Waals surface area contributed by atoms with Gasteiger partial charge in [0.05, 0.1) is 0 Å². The van der Waals surface area contributed by atoms with E-state index in [2.05, 4.69) is 55.4 Å². The molecule has 0 unspecified atom stereocenters. The van der Waals surface area contributed by atoms with Gasteiger partial charge in [0.15, 0.2) is 0 Å². The van der Waals surface area contributed by atoms with E-state index < -0.39 is 4.07 Å². The average molecular weight is 466 g/mol. The van der Waals surface area contributed by atoms with Crippen LogP contribution in [-0.2, 0) is 20.4 Å². The molecule has 0 heterocycles. The molecule has 0 saturated heterocycles. The minimum absolute atomic E-state index is 0. The standard InChI is InChI=1S/C16H34Cl2P2.Pd/c1-12(2)19(13(3)4)11-9-10-16(17,18)20(14(5)6)15(7)8;/h12-15H,9-11H2,1-8H3;/q;+2. The molecule has 0 radical (unpaired) electrons. The monoisotopic (exact) mass is 464 g/mol. The Morgan fingerprint density at radius 2 is 1.14 bits per heavy atom. The molecule has 0 aromatic heterocycles. The van der Waals surface area contributed by atoms with Crippen molar-refractivity contribution in [2.45, 2.75) is 94.9 Å². The van der Waals surface area contributed by atoms with Gasteiger partial charge in [-0.1, -0.05) is 86.5 Å². The van der Waals surface area contributed by atoms with Crippen molar-refractivity contribution in [3.05, 3.63) is 0 Å². The summed E-state index contributed by atoms with van der Waals surface area (Å²) in [4.78, 5) is 0. The van der Waals surface area contributed by atoms with E-state index in [1.165, 1.54) is 12.6 Å². The van der Waals surface area contributed by atoms with Crippen molar-refractivity contribution in [1.82, 2.24) is 0 Å². The van der Waals surface area contributed by atoms with E-state index in [1.54, 1.807) is 0 Å². The van der Waals surface area contributed by atoms with Crippen LogP contribution in [0.5, 0.6) is 0 Å². The van der Waals surface area contributed by atoms with Gasteiger partial charge in [-0.25, -0.2) is 0 Å². The van der Waals surface area contributed by atoms with E-state index in [-0.39, 0.29) is 36.3 Å². The summed E-state index contributed by atoms with van der Waals surface area (Å²) in [6, 6.07) is 0. The third kappa shape index (κ3) is 9.23. The zero-order valence-electron chi connectivity index (χ0n) is 14.9. The molecule has 130 valence electrons. The molecule has 5 heteroatoms. The molecule has 0 fully saturated rings. The van der Waals surface area contributed by atoms with Gasteiger partial charge >= 0.3 is 20.4 Å². The molecule has 0 spiro atoms. The van der Waals surface area contributed by atoms with Crippen LogP contribution in [0.1, 0.15) is 68.2 Å². The third-order valence-electron chi connectivity index (χ3n) is 3.71. The second kappa shape index (κ2) is 11.6. The smallest absolute Gasteiger partial charge is 0.101 e. The van der Waals surface area contributed by atoms with Crippen LogP contribution in [0, 0.1) is 0 Å². The summed E-state index contributed by atoms with van der Waals surface area (Å²) in [7, 11) is -0.237. The van der Waals surface area contributed by atoms with Crippen LogP contribution in [0.15, 0.2) is 0 Å². The molecule has 0 nitrogen and oxygen atoms in total. The fourth-order valence-electron chi connectivity index (χ4n) is 3.07. The normalized spacial score (nSPS) is 13.1. The van der Waals surface area contributed by atoms with Crippen LogP contribution in [0.4, 0.5) is 0 Å². The molecule has 0 aromatic rings. The fourth-order valence-corrected chi connectivity index (χ4v) is 11.5. The van der Waals surface area contributed by atoms with E-state index in [0.29, 0.717) is 11.3 Å². The van der Waals surface area contributed by atoms with Gasteiger partial charge in [0, 0.05) is 0 Å². The predicted molar refractivity (Wildman–Crippen MR) is 103 cm³/mol. The predicted octanol–water partition coefficient (Wildman–Crippen LogP) is 7.49. The Bertz CT molecular complexity index is 253. The first kappa shape index (κ1) is 25.3. The summed E-state index contributed by atoms with van der Waals surface area (Å²) in [6.45, 7) is 18.5. The maximum absolute atomic E-state index is 6.74. The van der Waals surface area contributed by atoms with Gasteiger partial charge in [-0.05, 0) is 41.6 Å². The molecule has 0 aromatic carbocycles. The number of rotatable bonds is 9. The Balaban J connectivity index is 0. The quantitative estimate of drug-likeness (QED) is 0.188. The van der Waals surface area contributed by atoms with Crippen LogP contribution in [-0.4, -0.2) is 32.9 Å². The molecular weight excluding hydrogens is 431 g/mol. The Morgan fingerprint density at radius 1 is 0.762 bits per heavy atom. The Kier molecular flexibility index (Phi) is 14.0. The zero-order chi connectivity index (χ0) is 16.1. The van der Waals surface area contributed by atoms with E-state index >= 15 is 0 Å². The Labute approximate surface area is 160 Å². The number of alkyl halides is 2. The fraction of sp³-hybridized carbons (Fsp3) is 1.00. The van der Waals surface area contributed by atoms with E-state index in [9.17, 15) is 0 Å². The van der Waals surface area contributed by atoms with Gasteiger partial charge in [-0.15, -0.1) is 7.92 Å². The van der Waals surface area contributed by atoms with E-state index in [0.717, 1.165) is 17.7 Å². The minimum atomic E-state index is -0.507. The van der Waals surface area contributed by atoms with Crippen molar-refractivity contribution >= 4 is 39.0 Å². The Hall–Kier alpha value is 2.10. The summed E-state index contributed by atoms with van der Waals surface area (Å²) in [5.41, 5.74) is 2.80. The average Bonchev–Trinajstić information content (AvgIpc) is 2.20. The molecule has 0 amide bonds. The SMILES string of the molecule is CC(C)P(CCCC(Cl)(Cl)P(C(C)C)C(C)C)C(C)C.[Pd+2]. The summed E-state index contributed by atoms with van der Waals surface area (Å²) in [5.74, 6) is 0. The topological polar surface area (TPSA) is 0 Å². The first-order valence-electron chi connectivity index (χ1n) is 7.92. The van der Waals surface area contributed by atoms with Crippen molar-refractivity contribution < 1.29 is 20.4 Å². The first-order chi connectivity index (χ1) is 9.00. The number of halogens is 2. The zero-order valence-corrected chi connectivity index (χ0v) is 19.8. The van der Waals surface area contributed by atoms with Crippen molar-refractivity contribution in [2.75, 3.05) is 6.16 Å². The van der Waals surface area contributed by atoms with Gasteiger partial charge < -0.3 is 0 Å².